The molecule has 2 saturated heterocycles. The van der Waals surface area contributed by atoms with Crippen molar-refractivity contribution in [1.29, 1.82) is 0 Å². The summed E-state index contributed by atoms with van der Waals surface area (Å²) in [6, 6.07) is 5.02. The second-order valence-corrected chi connectivity index (χ2v) is 11.3. The van der Waals surface area contributed by atoms with E-state index in [9.17, 15) is 0 Å². The van der Waals surface area contributed by atoms with E-state index in [-0.39, 0.29) is 0 Å². The van der Waals surface area contributed by atoms with Gasteiger partial charge < -0.3 is 24.6 Å². The number of anilines is 1. The van der Waals surface area contributed by atoms with E-state index in [0.717, 1.165) is 113 Å². The fourth-order valence-electron chi connectivity index (χ4n) is 6.31. The Hall–Kier alpha value is -3.14. The summed E-state index contributed by atoms with van der Waals surface area (Å²) < 4.78 is 12.8. The highest BCUT2D eigenvalue weighted by Crippen LogP contribution is 2.47. The van der Waals surface area contributed by atoms with Crippen molar-refractivity contribution in [3.63, 3.8) is 0 Å². The molecule has 0 spiro atoms. The van der Waals surface area contributed by atoms with Crippen LogP contribution in [0, 0.1) is 6.92 Å². The van der Waals surface area contributed by atoms with Gasteiger partial charge in [0, 0.05) is 48.7 Å². The Kier molecular flexibility index (Phi) is 6.45. The van der Waals surface area contributed by atoms with Gasteiger partial charge in [0.2, 0.25) is 0 Å². The summed E-state index contributed by atoms with van der Waals surface area (Å²) in [7, 11) is 2.16. The fourth-order valence-corrected chi connectivity index (χ4v) is 6.57. The number of nitrogens with one attached hydrogen (secondary N) is 2. The van der Waals surface area contributed by atoms with Gasteiger partial charge >= 0.3 is 6.01 Å². The molecule has 0 unspecified atom stereocenters. The summed E-state index contributed by atoms with van der Waals surface area (Å²) in [5.74, 6) is 1.77. The average molecular weight is 548 g/mol. The van der Waals surface area contributed by atoms with Crippen LogP contribution >= 0.6 is 11.6 Å². The topological polar surface area (TPSA) is 91.4 Å². The molecule has 204 valence electrons. The molecule has 2 N–H and O–H groups in total. The molecular weight excluding hydrogens is 514 g/mol. The Labute approximate surface area is 232 Å². The molecule has 0 radical (unpaired) electrons. The molecule has 9 nitrogen and oxygen atoms in total. The second kappa shape index (κ2) is 10.1. The number of likely N-dealkylation sites (N-methyl/N-ethyl adjacent to an activating group) is 1. The molecule has 3 aliphatic heterocycles. The summed E-state index contributed by atoms with van der Waals surface area (Å²) in [5, 5.41) is 13.6. The molecule has 2 aromatic carbocycles. The smallest absolute Gasteiger partial charge is 0.319 e. The van der Waals surface area contributed by atoms with Crippen LogP contribution in [-0.2, 0) is 6.42 Å². The van der Waals surface area contributed by atoms with Gasteiger partial charge in [-0.15, -0.1) is 0 Å². The van der Waals surface area contributed by atoms with Gasteiger partial charge in [0.25, 0.3) is 0 Å². The number of likely N-dealkylation sites (tertiary alicyclic amines) is 1. The van der Waals surface area contributed by atoms with Gasteiger partial charge in [-0.3, -0.25) is 5.10 Å². The first-order chi connectivity index (χ1) is 19.1. The van der Waals surface area contributed by atoms with Crippen LogP contribution in [0.1, 0.15) is 30.4 Å². The number of aromatic nitrogens is 4. The minimum absolute atomic E-state index is 0.384. The van der Waals surface area contributed by atoms with E-state index >= 15 is 0 Å². The molecule has 4 aromatic rings. The number of hydrogen-bond donors (Lipinski definition) is 2. The number of H-pyrrole nitrogens is 1. The largest absolute Gasteiger partial charge is 0.492 e. The van der Waals surface area contributed by atoms with E-state index < -0.39 is 0 Å². The lowest BCUT2D eigenvalue weighted by Gasteiger charge is -2.31. The molecule has 1 atom stereocenters. The maximum Gasteiger partial charge on any atom is 0.319 e. The average Bonchev–Trinajstić information content (AvgIpc) is 3.60. The Morgan fingerprint density at radius 1 is 1.15 bits per heavy atom. The van der Waals surface area contributed by atoms with Crippen molar-refractivity contribution in [3.05, 3.63) is 34.5 Å². The molecule has 0 amide bonds. The summed E-state index contributed by atoms with van der Waals surface area (Å²) >= 11 is 7.02. The summed E-state index contributed by atoms with van der Waals surface area (Å²) in [6.45, 7) is 7.94. The lowest BCUT2D eigenvalue weighted by molar-refractivity contribution is 0.188. The molecular formula is C29H34ClN7O2. The van der Waals surface area contributed by atoms with Crippen molar-refractivity contribution in [2.45, 2.75) is 38.6 Å². The van der Waals surface area contributed by atoms with E-state index in [1.165, 1.54) is 6.42 Å². The normalized spacial score (nSPS) is 20.0. The predicted octanol–water partition coefficient (Wildman–Crippen LogP) is 4.34. The molecule has 3 aliphatic rings. The minimum Gasteiger partial charge on any atom is -0.492 e. The molecule has 39 heavy (non-hydrogen) atoms. The SMILES string of the molecule is Cc1cc2[nH]ncc2c(-c2cc3nc(OC[C@@H]4CCCN4C)nc(N4CCNCC4)c3c3c2CCCO3)c1Cl. The van der Waals surface area contributed by atoms with Crippen LogP contribution in [0.4, 0.5) is 5.82 Å². The number of fused-ring (bicyclic) bond motifs is 4. The number of piperazine rings is 1. The third-order valence-corrected chi connectivity index (χ3v) is 8.94. The van der Waals surface area contributed by atoms with Crippen molar-refractivity contribution in [2.75, 3.05) is 57.9 Å². The van der Waals surface area contributed by atoms with Crippen LogP contribution in [-0.4, -0.2) is 84.1 Å². The third-order valence-electron chi connectivity index (χ3n) is 8.45. The van der Waals surface area contributed by atoms with E-state index in [1.54, 1.807) is 0 Å². The predicted molar refractivity (Wildman–Crippen MR) is 154 cm³/mol. The molecule has 2 fully saturated rings. The zero-order chi connectivity index (χ0) is 26.5. The first-order valence-electron chi connectivity index (χ1n) is 14.0. The lowest BCUT2D eigenvalue weighted by atomic mass is 9.90. The van der Waals surface area contributed by atoms with Crippen molar-refractivity contribution >= 4 is 39.2 Å². The number of aromatic amines is 1. The molecule has 0 aliphatic carbocycles. The monoisotopic (exact) mass is 547 g/mol. The Bertz CT molecular complexity index is 1550. The molecule has 2 aromatic heterocycles. The van der Waals surface area contributed by atoms with Crippen molar-refractivity contribution in [3.8, 4) is 22.9 Å². The third kappa shape index (κ3) is 4.37. The number of aryl methyl sites for hydroxylation is 1. The van der Waals surface area contributed by atoms with Gasteiger partial charge in [-0.1, -0.05) is 11.6 Å². The quantitative estimate of drug-likeness (QED) is 0.381. The lowest BCUT2D eigenvalue weighted by Crippen LogP contribution is -2.44. The molecule has 0 bridgehead atoms. The maximum atomic E-state index is 7.02. The highest BCUT2D eigenvalue weighted by molar-refractivity contribution is 6.36. The highest BCUT2D eigenvalue weighted by Gasteiger charge is 2.29. The number of nitrogens with zero attached hydrogens (tertiary/aromatic N) is 5. The van der Waals surface area contributed by atoms with E-state index in [4.69, 9.17) is 31.0 Å². The van der Waals surface area contributed by atoms with E-state index in [2.05, 4.69) is 44.5 Å². The summed E-state index contributed by atoms with van der Waals surface area (Å²) in [6.07, 6.45) is 6.03. The molecule has 5 heterocycles. The van der Waals surface area contributed by atoms with E-state index in [1.807, 2.05) is 13.1 Å². The van der Waals surface area contributed by atoms with Crippen molar-refractivity contribution in [2.24, 2.45) is 0 Å². The number of hydrogen-bond acceptors (Lipinski definition) is 8. The maximum absolute atomic E-state index is 7.02. The van der Waals surface area contributed by atoms with E-state index in [0.29, 0.717) is 25.3 Å². The number of halogens is 1. The van der Waals surface area contributed by atoms with Crippen LogP contribution in [0.25, 0.3) is 32.9 Å². The van der Waals surface area contributed by atoms with Gasteiger partial charge in [-0.25, -0.2) is 0 Å². The minimum atomic E-state index is 0.384. The van der Waals surface area contributed by atoms with Crippen molar-refractivity contribution < 1.29 is 9.47 Å². The van der Waals surface area contributed by atoms with Gasteiger partial charge in [-0.2, -0.15) is 15.1 Å². The van der Waals surface area contributed by atoms with Crippen LogP contribution in [0.3, 0.4) is 0 Å². The summed E-state index contributed by atoms with van der Waals surface area (Å²) in [4.78, 5) is 14.7. The fraction of sp³-hybridized carbons (Fsp3) is 0.483. The second-order valence-electron chi connectivity index (χ2n) is 10.9. The zero-order valence-electron chi connectivity index (χ0n) is 22.5. The standard InChI is InChI=1S/C29H34ClN7O2/c1-17-13-22-21(15-32-35-22)24(26(17)30)20-14-23-25(27-19(20)6-4-12-38-27)28(37-10-7-31-8-11-37)34-29(33-23)39-16-18-5-3-9-36(18)2/h13-15,18,31H,3-12,16H2,1-2H3,(H,32,35)/t18-/m0/s1. The van der Waals surface area contributed by atoms with Crippen molar-refractivity contribution in [1.82, 2.24) is 30.4 Å². The Morgan fingerprint density at radius 3 is 2.85 bits per heavy atom. The number of ether oxygens (including phenoxy) is 2. The number of rotatable bonds is 5. The van der Waals surface area contributed by atoms with Gasteiger partial charge in [0.1, 0.15) is 18.2 Å². The van der Waals surface area contributed by atoms with Gasteiger partial charge in [-0.05, 0) is 69.5 Å². The van der Waals surface area contributed by atoms with Crippen LogP contribution < -0.4 is 19.7 Å². The van der Waals surface area contributed by atoms with Gasteiger partial charge in [0.15, 0.2) is 0 Å². The molecule has 10 heteroatoms. The first-order valence-corrected chi connectivity index (χ1v) is 14.4. The highest BCUT2D eigenvalue weighted by atomic mass is 35.5. The Morgan fingerprint density at radius 2 is 2.03 bits per heavy atom. The van der Waals surface area contributed by atoms with Crippen LogP contribution in [0.15, 0.2) is 18.3 Å². The molecule has 0 saturated carbocycles. The summed E-state index contributed by atoms with van der Waals surface area (Å²) in [5.41, 5.74) is 5.96. The number of benzene rings is 2. The van der Waals surface area contributed by atoms with Crippen LogP contribution in [0.5, 0.6) is 11.8 Å². The first kappa shape index (κ1) is 24.9. The van der Waals surface area contributed by atoms with Crippen LogP contribution in [0.2, 0.25) is 5.02 Å². The molecule has 7 rings (SSSR count). The van der Waals surface area contributed by atoms with Gasteiger partial charge in [0.05, 0.1) is 34.2 Å². The zero-order valence-corrected chi connectivity index (χ0v) is 23.3. The Balaban J connectivity index is 1.44.